The predicted octanol–water partition coefficient (Wildman–Crippen LogP) is 4.11. The molecule has 0 saturated heterocycles. The summed E-state index contributed by atoms with van der Waals surface area (Å²) < 4.78 is 5.22. The number of halogens is 2. The van der Waals surface area contributed by atoms with Gasteiger partial charge in [0.25, 0.3) is 0 Å². The molecule has 21 heavy (non-hydrogen) atoms. The average Bonchev–Trinajstić information content (AvgIpc) is 2.92. The molecule has 0 radical (unpaired) electrons. The fourth-order valence-electron chi connectivity index (χ4n) is 2.20. The first-order valence-corrected chi connectivity index (χ1v) is 6.87. The van der Waals surface area contributed by atoms with Gasteiger partial charge < -0.3 is 9.72 Å². The van der Waals surface area contributed by atoms with Gasteiger partial charge in [0.15, 0.2) is 5.78 Å². The van der Waals surface area contributed by atoms with Crippen molar-refractivity contribution in [2.24, 2.45) is 0 Å². The Morgan fingerprint density at radius 1 is 1.24 bits per heavy atom. The summed E-state index contributed by atoms with van der Waals surface area (Å²) in [5, 5.41) is 1.51. The molecule has 0 aliphatic rings. The van der Waals surface area contributed by atoms with Crippen molar-refractivity contribution in [1.29, 1.82) is 0 Å². The Morgan fingerprint density at radius 3 is 2.81 bits per heavy atom. The Labute approximate surface area is 130 Å². The van der Waals surface area contributed by atoms with Crippen molar-refractivity contribution in [3.8, 4) is 5.75 Å². The highest BCUT2D eigenvalue weighted by Gasteiger charge is 2.20. The second kappa shape index (κ2) is 5.39. The summed E-state index contributed by atoms with van der Waals surface area (Å²) in [6, 6.07) is 6.54. The summed E-state index contributed by atoms with van der Waals surface area (Å²) in [5.74, 6) is 0.231. The summed E-state index contributed by atoms with van der Waals surface area (Å²) in [4.78, 5) is 19.9. The minimum absolute atomic E-state index is 0.226. The van der Waals surface area contributed by atoms with Gasteiger partial charge in [-0.2, -0.15) is 0 Å². The van der Waals surface area contributed by atoms with E-state index < -0.39 is 0 Å². The molecular formula is C15H10Cl2N2O2. The number of pyridine rings is 1. The third-order valence-corrected chi connectivity index (χ3v) is 3.72. The quantitative estimate of drug-likeness (QED) is 0.739. The topological polar surface area (TPSA) is 55.0 Å². The van der Waals surface area contributed by atoms with Gasteiger partial charge in [0, 0.05) is 22.8 Å². The van der Waals surface area contributed by atoms with Crippen molar-refractivity contribution in [2.45, 2.75) is 0 Å². The second-order valence-corrected chi connectivity index (χ2v) is 5.24. The number of ketones is 1. The number of carbonyl (C=O) groups is 1. The van der Waals surface area contributed by atoms with E-state index >= 15 is 0 Å². The number of aromatic nitrogens is 2. The van der Waals surface area contributed by atoms with E-state index in [-0.39, 0.29) is 5.78 Å². The SMILES string of the molecule is COc1ccc(Cl)cc1C(=O)c1c[nH]c2nccc(Cl)c12. The van der Waals surface area contributed by atoms with Crippen LogP contribution < -0.4 is 4.74 Å². The summed E-state index contributed by atoms with van der Waals surface area (Å²) in [6.07, 6.45) is 3.17. The Hall–Kier alpha value is -2.04. The van der Waals surface area contributed by atoms with Crippen LogP contribution >= 0.6 is 23.2 Å². The van der Waals surface area contributed by atoms with E-state index in [0.717, 1.165) is 0 Å². The Morgan fingerprint density at radius 2 is 2.05 bits per heavy atom. The van der Waals surface area contributed by atoms with E-state index in [1.54, 1.807) is 36.7 Å². The number of nitrogens with one attached hydrogen (secondary N) is 1. The van der Waals surface area contributed by atoms with E-state index in [2.05, 4.69) is 9.97 Å². The highest BCUT2D eigenvalue weighted by Crippen LogP contribution is 2.30. The summed E-state index contributed by atoms with van der Waals surface area (Å²) in [5.41, 5.74) is 1.38. The van der Waals surface area contributed by atoms with Crippen molar-refractivity contribution >= 4 is 40.0 Å². The summed E-state index contributed by atoms with van der Waals surface area (Å²) >= 11 is 12.1. The molecule has 2 heterocycles. The molecule has 0 amide bonds. The molecule has 0 fully saturated rings. The molecule has 1 N–H and O–H groups in total. The average molecular weight is 321 g/mol. The fourth-order valence-corrected chi connectivity index (χ4v) is 2.62. The van der Waals surface area contributed by atoms with Crippen LogP contribution in [0, 0.1) is 0 Å². The minimum Gasteiger partial charge on any atom is -0.496 e. The van der Waals surface area contributed by atoms with Crippen LogP contribution in [0.1, 0.15) is 15.9 Å². The van der Waals surface area contributed by atoms with Crippen LogP contribution in [0.3, 0.4) is 0 Å². The van der Waals surface area contributed by atoms with Gasteiger partial charge in [-0.15, -0.1) is 0 Å². The number of hydrogen-bond acceptors (Lipinski definition) is 3. The van der Waals surface area contributed by atoms with E-state index in [0.29, 0.717) is 38.0 Å². The van der Waals surface area contributed by atoms with E-state index in [1.165, 1.54) is 7.11 Å². The number of rotatable bonds is 3. The Bertz CT molecular complexity index is 843. The summed E-state index contributed by atoms with van der Waals surface area (Å²) in [6.45, 7) is 0. The van der Waals surface area contributed by atoms with Gasteiger partial charge >= 0.3 is 0 Å². The van der Waals surface area contributed by atoms with Crippen molar-refractivity contribution in [3.63, 3.8) is 0 Å². The van der Waals surface area contributed by atoms with Crippen molar-refractivity contribution in [1.82, 2.24) is 9.97 Å². The molecular weight excluding hydrogens is 311 g/mol. The number of fused-ring (bicyclic) bond motifs is 1. The lowest BCUT2D eigenvalue weighted by atomic mass is 10.0. The lowest BCUT2D eigenvalue weighted by Gasteiger charge is -2.07. The maximum absolute atomic E-state index is 12.8. The van der Waals surface area contributed by atoms with E-state index in [1.807, 2.05) is 0 Å². The molecule has 0 unspecified atom stereocenters. The number of benzene rings is 1. The van der Waals surface area contributed by atoms with Crippen LogP contribution in [-0.4, -0.2) is 22.9 Å². The monoisotopic (exact) mass is 320 g/mol. The van der Waals surface area contributed by atoms with Crippen LogP contribution in [0.2, 0.25) is 10.0 Å². The molecule has 0 spiro atoms. The largest absolute Gasteiger partial charge is 0.496 e. The lowest BCUT2D eigenvalue weighted by Crippen LogP contribution is -2.03. The zero-order chi connectivity index (χ0) is 15.0. The van der Waals surface area contributed by atoms with Gasteiger partial charge in [-0.3, -0.25) is 4.79 Å². The molecule has 4 nitrogen and oxygen atoms in total. The number of nitrogens with zero attached hydrogens (tertiary/aromatic N) is 1. The molecule has 106 valence electrons. The smallest absolute Gasteiger partial charge is 0.199 e. The zero-order valence-electron chi connectivity index (χ0n) is 11.0. The highest BCUT2D eigenvalue weighted by molar-refractivity contribution is 6.37. The van der Waals surface area contributed by atoms with Gasteiger partial charge in [0.2, 0.25) is 0 Å². The summed E-state index contributed by atoms with van der Waals surface area (Å²) in [7, 11) is 1.50. The van der Waals surface area contributed by atoms with Crippen molar-refractivity contribution in [3.05, 3.63) is 57.8 Å². The standard InChI is InChI=1S/C15H10Cl2N2O2/c1-21-12-3-2-8(16)6-9(12)14(20)10-7-19-15-13(10)11(17)4-5-18-15/h2-7H,1H3,(H,18,19). The Kier molecular flexibility index (Phi) is 3.57. The maximum Gasteiger partial charge on any atom is 0.199 e. The third-order valence-electron chi connectivity index (χ3n) is 3.17. The number of carbonyl (C=O) groups excluding carboxylic acids is 1. The first kappa shape index (κ1) is 13.9. The highest BCUT2D eigenvalue weighted by atomic mass is 35.5. The Balaban J connectivity index is 2.20. The number of aromatic amines is 1. The van der Waals surface area contributed by atoms with Gasteiger partial charge in [0.1, 0.15) is 11.4 Å². The molecule has 0 aliphatic carbocycles. The van der Waals surface area contributed by atoms with Crippen molar-refractivity contribution < 1.29 is 9.53 Å². The molecule has 0 saturated carbocycles. The predicted molar refractivity (Wildman–Crippen MR) is 82.5 cm³/mol. The molecule has 1 aromatic carbocycles. The van der Waals surface area contributed by atoms with Crippen LogP contribution in [0.4, 0.5) is 0 Å². The van der Waals surface area contributed by atoms with E-state index in [4.69, 9.17) is 27.9 Å². The van der Waals surface area contributed by atoms with Gasteiger partial charge in [0.05, 0.1) is 23.3 Å². The molecule has 0 atom stereocenters. The third kappa shape index (κ3) is 2.37. The van der Waals surface area contributed by atoms with Crippen LogP contribution in [0.15, 0.2) is 36.7 Å². The van der Waals surface area contributed by atoms with Crippen LogP contribution in [-0.2, 0) is 0 Å². The number of hydrogen-bond donors (Lipinski definition) is 1. The lowest BCUT2D eigenvalue weighted by molar-refractivity contribution is 0.103. The molecule has 0 bridgehead atoms. The number of ether oxygens (including phenoxy) is 1. The zero-order valence-corrected chi connectivity index (χ0v) is 12.5. The fraction of sp³-hybridized carbons (Fsp3) is 0.0667. The van der Waals surface area contributed by atoms with E-state index in [9.17, 15) is 4.79 Å². The number of H-pyrrole nitrogens is 1. The molecule has 2 aromatic heterocycles. The normalized spacial score (nSPS) is 10.8. The first-order chi connectivity index (χ1) is 10.1. The molecule has 0 aliphatic heterocycles. The van der Waals surface area contributed by atoms with Gasteiger partial charge in [-0.25, -0.2) is 4.98 Å². The van der Waals surface area contributed by atoms with Crippen LogP contribution in [0.25, 0.3) is 11.0 Å². The minimum atomic E-state index is -0.226. The van der Waals surface area contributed by atoms with Gasteiger partial charge in [-0.1, -0.05) is 23.2 Å². The molecule has 3 rings (SSSR count). The maximum atomic E-state index is 12.8. The molecule has 6 heteroatoms. The first-order valence-electron chi connectivity index (χ1n) is 6.11. The molecule has 3 aromatic rings. The van der Waals surface area contributed by atoms with Crippen molar-refractivity contribution in [2.75, 3.05) is 7.11 Å². The van der Waals surface area contributed by atoms with Gasteiger partial charge in [-0.05, 0) is 24.3 Å². The van der Waals surface area contributed by atoms with Crippen LogP contribution in [0.5, 0.6) is 5.75 Å². The number of methoxy groups -OCH3 is 1. The second-order valence-electron chi connectivity index (χ2n) is 4.39.